The van der Waals surface area contributed by atoms with Crippen LogP contribution in [0.1, 0.15) is 18.9 Å². The Balaban J connectivity index is 2.58. The Hall–Kier alpha value is -3.25. The van der Waals surface area contributed by atoms with Crippen molar-refractivity contribution in [1.82, 2.24) is 0 Å². The number of hydrogen-bond donors (Lipinski definition) is 1. The molecule has 1 rings (SSSR count). The zero-order valence-corrected chi connectivity index (χ0v) is 16.1. The van der Waals surface area contributed by atoms with Crippen molar-refractivity contribution < 1.29 is 29.0 Å². The van der Waals surface area contributed by atoms with Crippen molar-refractivity contribution in [3.63, 3.8) is 0 Å². The summed E-state index contributed by atoms with van der Waals surface area (Å²) in [7, 11) is 2.85. The van der Waals surface area contributed by atoms with Gasteiger partial charge in [0, 0.05) is 7.11 Å². The number of phenols is 1. The molecule has 0 aliphatic rings. The lowest BCUT2D eigenvalue weighted by Gasteiger charge is -2.05. The summed E-state index contributed by atoms with van der Waals surface area (Å²) in [5.74, 6) is -0.627. The van der Waals surface area contributed by atoms with E-state index in [1.807, 2.05) is 0 Å². The van der Waals surface area contributed by atoms with E-state index in [0.717, 1.165) is 0 Å². The third kappa shape index (κ3) is 7.97. The van der Waals surface area contributed by atoms with Crippen molar-refractivity contribution >= 4 is 23.4 Å². The fourth-order valence-electron chi connectivity index (χ4n) is 2.15. The maximum Gasteiger partial charge on any atom is 0.187 e. The third-order valence-electron chi connectivity index (χ3n) is 3.56. The molecule has 148 valence electrons. The van der Waals surface area contributed by atoms with Gasteiger partial charge < -0.3 is 14.6 Å². The van der Waals surface area contributed by atoms with Gasteiger partial charge in [0.2, 0.25) is 0 Å². The number of carbonyl (C=O) groups excluding carboxylic acids is 3. The first-order valence-electron chi connectivity index (χ1n) is 8.56. The van der Waals surface area contributed by atoms with Gasteiger partial charge in [0.15, 0.2) is 28.8 Å². The number of benzene rings is 1. The highest BCUT2D eigenvalue weighted by Crippen LogP contribution is 2.26. The molecule has 0 radical (unpaired) electrons. The second kappa shape index (κ2) is 12.2. The molecule has 0 heterocycles. The van der Waals surface area contributed by atoms with Crippen molar-refractivity contribution in [3.8, 4) is 11.5 Å². The lowest BCUT2D eigenvalue weighted by molar-refractivity contribution is -0.122. The minimum absolute atomic E-state index is 0.00229. The van der Waals surface area contributed by atoms with Crippen LogP contribution in [0.15, 0.2) is 60.7 Å². The van der Waals surface area contributed by atoms with E-state index in [1.54, 1.807) is 25.1 Å². The second-order valence-electron chi connectivity index (χ2n) is 5.68. The van der Waals surface area contributed by atoms with Gasteiger partial charge in [-0.25, -0.2) is 0 Å². The standard InChI is InChI=1S/C22H24O6/c1-4-7-19(25)21(27-2)9-6-5-8-17(23)15-18(24)12-10-16-11-13-20(26)22(14-16)28-3/h4-14,21,26H,15H2,1-3H3/b7-4-,8-5+,9-6+,12-10+. The van der Waals surface area contributed by atoms with Crippen LogP contribution in [0.5, 0.6) is 11.5 Å². The normalized spacial score (nSPS) is 13.0. The van der Waals surface area contributed by atoms with Crippen LogP contribution in [-0.4, -0.2) is 42.8 Å². The van der Waals surface area contributed by atoms with E-state index in [2.05, 4.69) is 0 Å². The Bertz CT molecular complexity index is 814. The van der Waals surface area contributed by atoms with E-state index in [4.69, 9.17) is 9.47 Å². The zero-order valence-electron chi connectivity index (χ0n) is 16.1. The number of rotatable bonds is 11. The predicted molar refractivity (Wildman–Crippen MR) is 107 cm³/mol. The van der Waals surface area contributed by atoms with Crippen LogP contribution in [0.25, 0.3) is 6.08 Å². The zero-order chi connectivity index (χ0) is 20.9. The summed E-state index contributed by atoms with van der Waals surface area (Å²) in [5.41, 5.74) is 0.658. The smallest absolute Gasteiger partial charge is 0.187 e. The molecule has 1 unspecified atom stereocenters. The maximum absolute atomic E-state index is 11.9. The van der Waals surface area contributed by atoms with Crippen molar-refractivity contribution in [1.29, 1.82) is 0 Å². The van der Waals surface area contributed by atoms with Gasteiger partial charge >= 0.3 is 0 Å². The highest BCUT2D eigenvalue weighted by Gasteiger charge is 2.09. The van der Waals surface area contributed by atoms with Gasteiger partial charge in [-0.05, 0) is 48.9 Å². The van der Waals surface area contributed by atoms with Crippen LogP contribution in [0.2, 0.25) is 0 Å². The molecule has 1 N–H and O–H groups in total. The number of allylic oxidation sites excluding steroid dienone is 5. The predicted octanol–water partition coefficient (Wildman–Crippen LogP) is 3.21. The van der Waals surface area contributed by atoms with Gasteiger partial charge in [-0.15, -0.1) is 0 Å². The van der Waals surface area contributed by atoms with E-state index in [0.29, 0.717) is 11.3 Å². The summed E-state index contributed by atoms with van der Waals surface area (Å²) in [4.78, 5) is 35.4. The molecule has 6 nitrogen and oxygen atoms in total. The van der Waals surface area contributed by atoms with Gasteiger partial charge in [-0.3, -0.25) is 14.4 Å². The molecule has 28 heavy (non-hydrogen) atoms. The average molecular weight is 384 g/mol. The Labute approximate surface area is 164 Å². The molecule has 0 amide bonds. The molecular formula is C22H24O6. The molecular weight excluding hydrogens is 360 g/mol. The number of phenolic OH excluding ortho intramolecular Hbond substituents is 1. The molecule has 0 saturated carbocycles. The van der Waals surface area contributed by atoms with Crippen LogP contribution in [0.3, 0.4) is 0 Å². The average Bonchev–Trinajstić information content (AvgIpc) is 2.67. The molecule has 0 aromatic heterocycles. The number of ether oxygens (including phenoxy) is 2. The van der Waals surface area contributed by atoms with Crippen LogP contribution in [0, 0.1) is 0 Å². The molecule has 0 saturated heterocycles. The quantitative estimate of drug-likeness (QED) is 0.358. The van der Waals surface area contributed by atoms with Crippen LogP contribution in [-0.2, 0) is 19.1 Å². The molecule has 0 aliphatic heterocycles. The van der Waals surface area contributed by atoms with Gasteiger partial charge in [-0.1, -0.05) is 30.4 Å². The fourth-order valence-corrected chi connectivity index (χ4v) is 2.15. The second-order valence-corrected chi connectivity index (χ2v) is 5.68. The monoisotopic (exact) mass is 384 g/mol. The molecule has 0 aliphatic carbocycles. The number of ketones is 3. The molecule has 0 spiro atoms. The minimum Gasteiger partial charge on any atom is -0.504 e. The summed E-state index contributed by atoms with van der Waals surface area (Å²) in [6.45, 7) is 1.73. The Morgan fingerprint density at radius 3 is 2.43 bits per heavy atom. The summed E-state index contributed by atoms with van der Waals surface area (Å²) in [6.07, 6.45) is 10.6. The highest BCUT2D eigenvalue weighted by molar-refractivity contribution is 6.09. The van der Waals surface area contributed by atoms with Crippen molar-refractivity contribution in [3.05, 3.63) is 66.3 Å². The molecule has 6 heteroatoms. The molecule has 1 aromatic rings. The first-order chi connectivity index (χ1) is 13.4. The van der Waals surface area contributed by atoms with E-state index in [1.165, 1.54) is 62.8 Å². The molecule has 0 bridgehead atoms. The summed E-state index contributed by atoms with van der Waals surface area (Å²) in [6, 6.07) is 4.65. The van der Waals surface area contributed by atoms with Crippen LogP contribution in [0.4, 0.5) is 0 Å². The van der Waals surface area contributed by atoms with Crippen molar-refractivity contribution in [2.75, 3.05) is 14.2 Å². The van der Waals surface area contributed by atoms with Crippen LogP contribution < -0.4 is 4.74 Å². The number of carbonyl (C=O) groups is 3. The van der Waals surface area contributed by atoms with E-state index in [9.17, 15) is 19.5 Å². The van der Waals surface area contributed by atoms with Crippen molar-refractivity contribution in [2.45, 2.75) is 19.4 Å². The minimum atomic E-state index is -0.720. The molecule has 0 fully saturated rings. The number of methoxy groups -OCH3 is 2. The molecule has 1 aromatic carbocycles. The Morgan fingerprint density at radius 2 is 1.79 bits per heavy atom. The topological polar surface area (TPSA) is 89.9 Å². The first-order valence-corrected chi connectivity index (χ1v) is 8.56. The van der Waals surface area contributed by atoms with E-state index in [-0.39, 0.29) is 29.5 Å². The first kappa shape index (κ1) is 22.8. The van der Waals surface area contributed by atoms with Crippen LogP contribution >= 0.6 is 0 Å². The lowest BCUT2D eigenvalue weighted by atomic mass is 10.1. The number of hydrogen-bond acceptors (Lipinski definition) is 6. The molecule has 1 atom stereocenters. The maximum atomic E-state index is 11.9. The van der Waals surface area contributed by atoms with Crippen molar-refractivity contribution in [2.24, 2.45) is 0 Å². The summed E-state index contributed by atoms with van der Waals surface area (Å²) >= 11 is 0. The van der Waals surface area contributed by atoms with Gasteiger partial charge in [0.25, 0.3) is 0 Å². The Kier molecular flexibility index (Phi) is 9.93. The lowest BCUT2D eigenvalue weighted by Crippen LogP contribution is -2.17. The van der Waals surface area contributed by atoms with Gasteiger partial charge in [-0.2, -0.15) is 0 Å². The van der Waals surface area contributed by atoms with Gasteiger partial charge in [0.05, 0.1) is 13.5 Å². The van der Waals surface area contributed by atoms with Gasteiger partial charge in [0.1, 0.15) is 6.10 Å². The third-order valence-corrected chi connectivity index (χ3v) is 3.56. The summed E-state index contributed by atoms with van der Waals surface area (Å²) < 4.78 is 10.0. The number of aromatic hydroxyl groups is 1. The fraction of sp³-hybridized carbons (Fsp3) is 0.227. The Morgan fingerprint density at radius 1 is 1.07 bits per heavy atom. The van der Waals surface area contributed by atoms with E-state index < -0.39 is 6.10 Å². The summed E-state index contributed by atoms with van der Waals surface area (Å²) in [5, 5.41) is 9.54. The highest BCUT2D eigenvalue weighted by atomic mass is 16.5. The van der Waals surface area contributed by atoms with E-state index >= 15 is 0 Å². The largest absolute Gasteiger partial charge is 0.504 e. The SMILES string of the molecule is C/C=C\C(=O)C(/C=C/C=C/C(=O)CC(=O)/C=C/c1ccc(O)c(OC)c1)OC.